The van der Waals surface area contributed by atoms with E-state index in [1.54, 1.807) is 7.11 Å². The fourth-order valence-electron chi connectivity index (χ4n) is 2.49. The number of hydrogen-bond acceptors (Lipinski definition) is 2. The molecule has 2 rings (SSSR count). The number of aliphatic imine (C=N–C) groups is 1. The van der Waals surface area contributed by atoms with Gasteiger partial charge in [0.15, 0.2) is 5.96 Å². The SMILES string of the molecule is CCNC(=NCC1(c2ccc(F)cc2)CC1)NCCCOC. The third kappa shape index (κ3) is 4.70. The van der Waals surface area contributed by atoms with Crippen LogP contribution in [0.2, 0.25) is 0 Å². The predicted molar refractivity (Wildman–Crippen MR) is 87.8 cm³/mol. The van der Waals surface area contributed by atoms with Gasteiger partial charge in [0.2, 0.25) is 0 Å². The van der Waals surface area contributed by atoms with Gasteiger partial charge in [-0.05, 0) is 43.9 Å². The van der Waals surface area contributed by atoms with Crippen molar-refractivity contribution in [1.82, 2.24) is 10.6 Å². The van der Waals surface area contributed by atoms with Crippen molar-refractivity contribution >= 4 is 5.96 Å². The number of methoxy groups -OCH3 is 1. The second-order valence-corrected chi connectivity index (χ2v) is 5.76. The summed E-state index contributed by atoms with van der Waals surface area (Å²) >= 11 is 0. The minimum absolute atomic E-state index is 0.0998. The summed E-state index contributed by atoms with van der Waals surface area (Å²) < 4.78 is 18.1. The highest BCUT2D eigenvalue weighted by Gasteiger charge is 2.44. The monoisotopic (exact) mass is 307 g/mol. The number of nitrogens with zero attached hydrogens (tertiary/aromatic N) is 1. The molecular weight excluding hydrogens is 281 g/mol. The van der Waals surface area contributed by atoms with E-state index in [2.05, 4.69) is 17.6 Å². The fraction of sp³-hybridized carbons (Fsp3) is 0.588. The maximum absolute atomic E-state index is 13.1. The third-order valence-electron chi connectivity index (χ3n) is 4.01. The number of benzene rings is 1. The Hall–Kier alpha value is -1.62. The molecule has 1 saturated carbocycles. The lowest BCUT2D eigenvalue weighted by molar-refractivity contribution is 0.195. The number of hydrogen-bond donors (Lipinski definition) is 2. The first-order valence-corrected chi connectivity index (χ1v) is 7.97. The predicted octanol–water partition coefficient (Wildman–Crippen LogP) is 2.45. The number of halogens is 1. The van der Waals surface area contributed by atoms with E-state index in [9.17, 15) is 4.39 Å². The topological polar surface area (TPSA) is 45.7 Å². The Labute approximate surface area is 132 Å². The average molecular weight is 307 g/mol. The minimum atomic E-state index is -0.184. The van der Waals surface area contributed by atoms with Crippen molar-refractivity contribution in [1.29, 1.82) is 0 Å². The summed E-state index contributed by atoms with van der Waals surface area (Å²) in [6, 6.07) is 6.84. The summed E-state index contributed by atoms with van der Waals surface area (Å²) in [5, 5.41) is 6.57. The molecule has 22 heavy (non-hydrogen) atoms. The van der Waals surface area contributed by atoms with Gasteiger partial charge < -0.3 is 15.4 Å². The molecule has 5 heteroatoms. The highest BCUT2D eigenvalue weighted by Crippen LogP contribution is 2.48. The molecule has 0 amide bonds. The molecule has 2 N–H and O–H groups in total. The molecule has 1 aromatic carbocycles. The number of guanidine groups is 1. The summed E-state index contributed by atoms with van der Waals surface area (Å²) in [5.41, 5.74) is 1.29. The third-order valence-corrected chi connectivity index (χ3v) is 4.01. The van der Waals surface area contributed by atoms with Crippen LogP contribution in [0.25, 0.3) is 0 Å². The van der Waals surface area contributed by atoms with E-state index in [-0.39, 0.29) is 11.2 Å². The first-order chi connectivity index (χ1) is 10.7. The van der Waals surface area contributed by atoms with Gasteiger partial charge in [0.25, 0.3) is 0 Å². The van der Waals surface area contributed by atoms with Gasteiger partial charge >= 0.3 is 0 Å². The summed E-state index contributed by atoms with van der Waals surface area (Å²) in [6.07, 6.45) is 3.18. The van der Waals surface area contributed by atoms with Crippen LogP contribution in [0.15, 0.2) is 29.3 Å². The molecule has 1 fully saturated rings. The number of nitrogens with one attached hydrogen (secondary N) is 2. The van der Waals surface area contributed by atoms with Crippen molar-refractivity contribution < 1.29 is 9.13 Å². The zero-order valence-corrected chi connectivity index (χ0v) is 13.5. The van der Waals surface area contributed by atoms with Crippen molar-refractivity contribution in [3.05, 3.63) is 35.6 Å². The Balaban J connectivity index is 1.92. The molecule has 0 aromatic heterocycles. The van der Waals surface area contributed by atoms with Crippen LogP contribution in [-0.4, -0.2) is 39.3 Å². The van der Waals surface area contributed by atoms with Crippen LogP contribution in [0.5, 0.6) is 0 Å². The highest BCUT2D eigenvalue weighted by molar-refractivity contribution is 5.79. The summed E-state index contributed by atoms with van der Waals surface area (Å²) in [6.45, 7) is 5.20. The molecule has 0 heterocycles. The molecule has 1 aliphatic carbocycles. The molecule has 0 saturated heterocycles. The van der Waals surface area contributed by atoms with E-state index < -0.39 is 0 Å². The van der Waals surface area contributed by atoms with E-state index in [1.165, 1.54) is 17.7 Å². The van der Waals surface area contributed by atoms with E-state index in [1.807, 2.05) is 12.1 Å². The van der Waals surface area contributed by atoms with Crippen molar-refractivity contribution in [2.45, 2.75) is 31.6 Å². The fourth-order valence-corrected chi connectivity index (χ4v) is 2.49. The highest BCUT2D eigenvalue weighted by atomic mass is 19.1. The Morgan fingerprint density at radius 3 is 2.59 bits per heavy atom. The summed E-state index contributed by atoms with van der Waals surface area (Å²) in [5.74, 6) is 0.656. The van der Waals surface area contributed by atoms with Crippen LogP contribution in [0.1, 0.15) is 31.7 Å². The number of rotatable bonds is 8. The molecule has 4 nitrogen and oxygen atoms in total. The van der Waals surface area contributed by atoms with E-state index in [0.717, 1.165) is 51.5 Å². The van der Waals surface area contributed by atoms with Gasteiger partial charge in [-0.25, -0.2) is 4.39 Å². The Bertz CT molecular complexity index is 483. The smallest absolute Gasteiger partial charge is 0.191 e. The normalized spacial score (nSPS) is 16.4. The maximum Gasteiger partial charge on any atom is 0.191 e. The van der Waals surface area contributed by atoms with Crippen molar-refractivity contribution in [2.24, 2.45) is 4.99 Å². The zero-order valence-electron chi connectivity index (χ0n) is 13.5. The Kier molecular flexibility index (Phi) is 6.19. The second-order valence-electron chi connectivity index (χ2n) is 5.76. The van der Waals surface area contributed by atoms with Crippen LogP contribution >= 0.6 is 0 Å². The number of ether oxygens (including phenoxy) is 1. The van der Waals surface area contributed by atoms with Gasteiger partial charge in [0.05, 0.1) is 6.54 Å². The second kappa shape index (κ2) is 8.13. The van der Waals surface area contributed by atoms with E-state index >= 15 is 0 Å². The lowest BCUT2D eigenvalue weighted by Gasteiger charge is -2.16. The molecule has 1 aromatic rings. The maximum atomic E-state index is 13.1. The standard InChI is InChI=1S/C17H26FN3O/c1-3-19-16(20-11-4-12-22-2)21-13-17(9-10-17)14-5-7-15(18)8-6-14/h5-8H,3-4,9-13H2,1-2H3,(H2,19,20,21). The van der Waals surface area contributed by atoms with Gasteiger partial charge in [-0.3, -0.25) is 4.99 Å². The Morgan fingerprint density at radius 1 is 1.27 bits per heavy atom. The Morgan fingerprint density at radius 2 is 2.00 bits per heavy atom. The van der Waals surface area contributed by atoms with E-state index in [4.69, 9.17) is 9.73 Å². The summed E-state index contributed by atoms with van der Waals surface area (Å²) in [7, 11) is 1.71. The van der Waals surface area contributed by atoms with Gasteiger partial charge in [0.1, 0.15) is 5.82 Å². The van der Waals surface area contributed by atoms with Crippen molar-refractivity contribution in [3.8, 4) is 0 Å². The molecule has 0 radical (unpaired) electrons. The van der Waals surface area contributed by atoms with Crippen LogP contribution in [0, 0.1) is 5.82 Å². The molecule has 0 bridgehead atoms. The molecular formula is C17H26FN3O. The van der Waals surface area contributed by atoms with Gasteiger partial charge in [0, 0.05) is 32.2 Å². The van der Waals surface area contributed by atoms with Crippen LogP contribution in [0.3, 0.4) is 0 Å². The average Bonchev–Trinajstić information content (AvgIpc) is 3.31. The van der Waals surface area contributed by atoms with Crippen LogP contribution in [0.4, 0.5) is 4.39 Å². The van der Waals surface area contributed by atoms with Gasteiger partial charge in [-0.15, -0.1) is 0 Å². The molecule has 122 valence electrons. The first kappa shape index (κ1) is 16.7. The van der Waals surface area contributed by atoms with Crippen LogP contribution in [-0.2, 0) is 10.2 Å². The van der Waals surface area contributed by atoms with Gasteiger partial charge in [-0.1, -0.05) is 12.1 Å². The summed E-state index contributed by atoms with van der Waals surface area (Å²) in [4.78, 5) is 4.70. The zero-order chi connectivity index (χ0) is 15.8. The first-order valence-electron chi connectivity index (χ1n) is 7.97. The minimum Gasteiger partial charge on any atom is -0.385 e. The molecule has 0 spiro atoms. The van der Waals surface area contributed by atoms with Crippen LogP contribution < -0.4 is 10.6 Å². The van der Waals surface area contributed by atoms with Crippen molar-refractivity contribution in [3.63, 3.8) is 0 Å². The lowest BCUT2D eigenvalue weighted by Crippen LogP contribution is -2.38. The van der Waals surface area contributed by atoms with E-state index in [0.29, 0.717) is 0 Å². The molecule has 1 aliphatic rings. The molecule has 0 unspecified atom stereocenters. The largest absolute Gasteiger partial charge is 0.385 e. The quantitative estimate of drug-likeness (QED) is 0.440. The van der Waals surface area contributed by atoms with Crippen molar-refractivity contribution in [2.75, 3.05) is 33.4 Å². The molecule has 0 aliphatic heterocycles. The van der Waals surface area contributed by atoms with Gasteiger partial charge in [-0.2, -0.15) is 0 Å². The molecule has 0 atom stereocenters. The lowest BCUT2D eigenvalue weighted by atomic mass is 9.96.